The monoisotopic (exact) mass is 201 g/mol. The highest BCUT2D eigenvalue weighted by molar-refractivity contribution is 4.89. The Kier molecular flexibility index (Phi) is 5.45. The van der Waals surface area contributed by atoms with Gasteiger partial charge in [-0.2, -0.15) is 0 Å². The Hall–Kier alpha value is -0.120. The molecule has 3 nitrogen and oxygen atoms in total. The van der Waals surface area contributed by atoms with Crippen LogP contribution in [0, 0.1) is 5.92 Å². The zero-order valence-corrected chi connectivity index (χ0v) is 9.33. The van der Waals surface area contributed by atoms with Crippen molar-refractivity contribution in [2.45, 2.75) is 45.3 Å². The van der Waals surface area contributed by atoms with Gasteiger partial charge in [-0.25, -0.2) is 0 Å². The van der Waals surface area contributed by atoms with Crippen LogP contribution in [0.1, 0.15) is 33.1 Å². The van der Waals surface area contributed by atoms with E-state index in [1.165, 1.54) is 6.42 Å². The van der Waals surface area contributed by atoms with E-state index >= 15 is 0 Å². The van der Waals surface area contributed by atoms with Crippen molar-refractivity contribution in [3.63, 3.8) is 0 Å². The van der Waals surface area contributed by atoms with E-state index in [-0.39, 0.29) is 6.10 Å². The molecule has 0 aromatic heterocycles. The molecule has 1 saturated carbocycles. The Balaban J connectivity index is 1.85. The average molecular weight is 201 g/mol. The third kappa shape index (κ3) is 4.94. The Bertz CT molecular complexity index is 152. The van der Waals surface area contributed by atoms with Gasteiger partial charge in [0.25, 0.3) is 0 Å². The lowest BCUT2D eigenvalue weighted by Gasteiger charge is -2.11. The minimum Gasteiger partial charge on any atom is -0.389 e. The Morgan fingerprint density at radius 1 is 1.57 bits per heavy atom. The Labute approximate surface area is 86.8 Å². The third-order valence-corrected chi connectivity index (χ3v) is 2.68. The van der Waals surface area contributed by atoms with Crippen LogP contribution in [0.5, 0.6) is 0 Å². The van der Waals surface area contributed by atoms with Crippen LogP contribution in [0.2, 0.25) is 0 Å². The van der Waals surface area contributed by atoms with Crippen molar-refractivity contribution in [2.24, 2.45) is 5.92 Å². The summed E-state index contributed by atoms with van der Waals surface area (Å²) < 4.78 is 5.33. The molecule has 2 N–H and O–H groups in total. The SMILES string of the molecule is CCCCOCC(O)CNC1CC1C. The highest BCUT2D eigenvalue weighted by atomic mass is 16.5. The molecule has 0 heterocycles. The maximum atomic E-state index is 9.52. The second-order valence-electron chi connectivity index (χ2n) is 4.31. The summed E-state index contributed by atoms with van der Waals surface area (Å²) in [5, 5.41) is 12.8. The van der Waals surface area contributed by atoms with E-state index in [1.54, 1.807) is 0 Å². The van der Waals surface area contributed by atoms with Crippen LogP contribution in [0.25, 0.3) is 0 Å². The second-order valence-corrected chi connectivity index (χ2v) is 4.31. The zero-order chi connectivity index (χ0) is 10.4. The maximum absolute atomic E-state index is 9.52. The van der Waals surface area contributed by atoms with Gasteiger partial charge in [-0.1, -0.05) is 20.3 Å². The van der Waals surface area contributed by atoms with Crippen molar-refractivity contribution >= 4 is 0 Å². The molecule has 0 radical (unpaired) electrons. The normalized spacial score (nSPS) is 27.6. The first kappa shape index (κ1) is 12.0. The molecule has 0 bridgehead atoms. The van der Waals surface area contributed by atoms with Crippen LogP contribution >= 0.6 is 0 Å². The molecule has 84 valence electrons. The van der Waals surface area contributed by atoms with Gasteiger partial charge < -0.3 is 15.2 Å². The van der Waals surface area contributed by atoms with Crippen LogP contribution in [0.15, 0.2) is 0 Å². The predicted molar refractivity (Wildman–Crippen MR) is 57.3 cm³/mol. The predicted octanol–water partition coefficient (Wildman–Crippen LogP) is 1.16. The van der Waals surface area contributed by atoms with E-state index in [4.69, 9.17) is 4.74 Å². The molecule has 1 rings (SSSR count). The van der Waals surface area contributed by atoms with Crippen LogP contribution < -0.4 is 5.32 Å². The number of aliphatic hydroxyl groups is 1. The van der Waals surface area contributed by atoms with Crippen LogP contribution in [-0.2, 0) is 4.74 Å². The summed E-state index contributed by atoms with van der Waals surface area (Å²) in [6.07, 6.45) is 3.14. The van der Waals surface area contributed by atoms with E-state index in [9.17, 15) is 5.11 Å². The topological polar surface area (TPSA) is 41.5 Å². The van der Waals surface area contributed by atoms with Gasteiger partial charge in [0.05, 0.1) is 12.7 Å². The van der Waals surface area contributed by atoms with Crippen molar-refractivity contribution in [2.75, 3.05) is 19.8 Å². The molecule has 0 aromatic rings. The molecule has 1 fully saturated rings. The molecule has 1 aliphatic carbocycles. The fourth-order valence-electron chi connectivity index (χ4n) is 1.42. The molecule has 3 heteroatoms. The second kappa shape index (κ2) is 6.38. The van der Waals surface area contributed by atoms with Gasteiger partial charge in [0.1, 0.15) is 0 Å². The van der Waals surface area contributed by atoms with Gasteiger partial charge in [0.15, 0.2) is 0 Å². The van der Waals surface area contributed by atoms with E-state index in [2.05, 4.69) is 19.2 Å². The summed E-state index contributed by atoms with van der Waals surface area (Å²) in [6, 6.07) is 0.639. The molecule has 0 aliphatic heterocycles. The number of ether oxygens (including phenoxy) is 1. The summed E-state index contributed by atoms with van der Waals surface area (Å²) >= 11 is 0. The quantitative estimate of drug-likeness (QED) is 0.579. The molecule has 0 spiro atoms. The lowest BCUT2D eigenvalue weighted by Crippen LogP contribution is -2.32. The molecule has 1 aliphatic rings. The summed E-state index contributed by atoms with van der Waals surface area (Å²) in [7, 11) is 0. The maximum Gasteiger partial charge on any atom is 0.0897 e. The first-order valence-corrected chi connectivity index (χ1v) is 5.73. The van der Waals surface area contributed by atoms with Gasteiger partial charge in [0, 0.05) is 19.2 Å². The summed E-state index contributed by atoms with van der Waals surface area (Å²) in [5.41, 5.74) is 0. The zero-order valence-electron chi connectivity index (χ0n) is 9.33. The van der Waals surface area contributed by atoms with Gasteiger partial charge in [0.2, 0.25) is 0 Å². The van der Waals surface area contributed by atoms with Crippen molar-refractivity contribution < 1.29 is 9.84 Å². The van der Waals surface area contributed by atoms with E-state index in [0.717, 1.165) is 25.4 Å². The summed E-state index contributed by atoms with van der Waals surface area (Å²) in [6.45, 7) is 6.26. The Morgan fingerprint density at radius 3 is 2.86 bits per heavy atom. The number of hydrogen-bond donors (Lipinski definition) is 2. The number of aliphatic hydroxyl groups excluding tert-OH is 1. The first-order chi connectivity index (χ1) is 6.74. The van der Waals surface area contributed by atoms with Crippen LogP contribution in [0.4, 0.5) is 0 Å². The molecular weight excluding hydrogens is 178 g/mol. The summed E-state index contributed by atoms with van der Waals surface area (Å²) in [5.74, 6) is 0.795. The van der Waals surface area contributed by atoms with Crippen molar-refractivity contribution in [3.05, 3.63) is 0 Å². The third-order valence-electron chi connectivity index (χ3n) is 2.68. The standard InChI is InChI=1S/C11H23NO2/c1-3-4-5-14-8-10(13)7-12-11-6-9(11)2/h9-13H,3-8H2,1-2H3. The fraction of sp³-hybridized carbons (Fsp3) is 1.00. The number of hydrogen-bond acceptors (Lipinski definition) is 3. The van der Waals surface area contributed by atoms with Crippen molar-refractivity contribution in [3.8, 4) is 0 Å². The summed E-state index contributed by atoms with van der Waals surface area (Å²) in [4.78, 5) is 0. The molecule has 0 aromatic carbocycles. The molecule has 0 saturated heterocycles. The number of nitrogens with one attached hydrogen (secondary N) is 1. The van der Waals surface area contributed by atoms with E-state index < -0.39 is 0 Å². The minimum absolute atomic E-state index is 0.348. The van der Waals surface area contributed by atoms with Crippen molar-refractivity contribution in [1.29, 1.82) is 0 Å². The molecule has 3 atom stereocenters. The lowest BCUT2D eigenvalue weighted by molar-refractivity contribution is 0.0356. The lowest BCUT2D eigenvalue weighted by atomic mass is 10.3. The van der Waals surface area contributed by atoms with Gasteiger partial charge >= 0.3 is 0 Å². The van der Waals surface area contributed by atoms with E-state index in [0.29, 0.717) is 19.2 Å². The van der Waals surface area contributed by atoms with Gasteiger partial charge in [-0.15, -0.1) is 0 Å². The first-order valence-electron chi connectivity index (χ1n) is 5.73. The smallest absolute Gasteiger partial charge is 0.0897 e. The van der Waals surface area contributed by atoms with Gasteiger partial charge in [-0.05, 0) is 18.8 Å². The average Bonchev–Trinajstić information content (AvgIpc) is 2.86. The molecule has 3 unspecified atom stereocenters. The molecule has 0 amide bonds. The van der Waals surface area contributed by atoms with Crippen LogP contribution in [0.3, 0.4) is 0 Å². The minimum atomic E-state index is -0.348. The van der Waals surface area contributed by atoms with E-state index in [1.807, 2.05) is 0 Å². The number of rotatable bonds is 8. The molecule has 14 heavy (non-hydrogen) atoms. The largest absolute Gasteiger partial charge is 0.389 e. The number of unbranched alkanes of at least 4 members (excludes halogenated alkanes) is 1. The fourth-order valence-corrected chi connectivity index (χ4v) is 1.42. The highest BCUT2D eigenvalue weighted by Gasteiger charge is 2.31. The Morgan fingerprint density at radius 2 is 2.29 bits per heavy atom. The van der Waals surface area contributed by atoms with Gasteiger partial charge in [-0.3, -0.25) is 0 Å². The van der Waals surface area contributed by atoms with Crippen LogP contribution in [-0.4, -0.2) is 37.0 Å². The van der Waals surface area contributed by atoms with Crippen molar-refractivity contribution in [1.82, 2.24) is 5.32 Å². The molecular formula is C11H23NO2. The highest BCUT2D eigenvalue weighted by Crippen LogP contribution is 2.28.